The number of ether oxygens (including phenoxy) is 1. The van der Waals surface area contributed by atoms with Crippen molar-refractivity contribution in [3.63, 3.8) is 0 Å². The molecule has 7 heavy (non-hydrogen) atoms. The van der Waals surface area contributed by atoms with Crippen molar-refractivity contribution in [2.45, 2.75) is 6.92 Å². The van der Waals surface area contributed by atoms with Crippen molar-refractivity contribution in [2.75, 3.05) is 6.61 Å². The zero-order valence-corrected chi connectivity index (χ0v) is 6.52. The van der Waals surface area contributed by atoms with Crippen LogP contribution in [0.2, 0.25) is 0 Å². The number of rotatable bonds is 1. The maximum atomic E-state index is 9.49. The second-order valence-corrected chi connectivity index (χ2v) is 0.720. The Balaban J connectivity index is 0. The van der Waals surface area contributed by atoms with Gasteiger partial charge in [-0.2, -0.15) is 0 Å². The molecule has 0 rings (SSSR count). The average Bonchev–Trinajstić information content (AvgIpc) is 1.35. The van der Waals surface area contributed by atoms with E-state index >= 15 is 0 Å². The first-order valence-electron chi connectivity index (χ1n) is 1.65. The molecule has 0 aliphatic heterocycles. The molecule has 0 atom stereocenters. The second kappa shape index (κ2) is 6.27. The Hall–Kier alpha value is 0.270. The van der Waals surface area contributed by atoms with Crippen molar-refractivity contribution in [3.8, 4) is 0 Å². The summed E-state index contributed by atoms with van der Waals surface area (Å²) < 4.78 is 4.07. The van der Waals surface area contributed by atoms with E-state index in [0.29, 0.717) is 6.61 Å². The van der Waals surface area contributed by atoms with Gasteiger partial charge in [-0.1, -0.05) is 0 Å². The molecule has 0 radical (unpaired) electrons. The Morgan fingerprint density at radius 1 is 1.86 bits per heavy atom. The topological polar surface area (TPSA) is 50.1 Å². The zero-order chi connectivity index (χ0) is 4.99. The van der Waals surface area contributed by atoms with Crippen LogP contribution in [0.15, 0.2) is 0 Å². The van der Waals surface area contributed by atoms with Crippen molar-refractivity contribution in [1.29, 1.82) is 0 Å². The van der Waals surface area contributed by atoms with Crippen LogP contribution < -0.4 is 29.6 Å². The zero-order valence-electron chi connectivity index (χ0n) is 4.52. The third-order valence-corrected chi connectivity index (χ3v) is 0.275. The molecule has 0 unspecified atom stereocenters. The van der Waals surface area contributed by atoms with Gasteiger partial charge in [0, 0.05) is 0 Å². The Morgan fingerprint density at radius 2 is 2.29 bits per heavy atom. The number of nitrogens with one attached hydrogen (secondary N) is 1. The Bertz CT molecular complexity index is 56.9. The van der Waals surface area contributed by atoms with Gasteiger partial charge < -0.3 is 10.5 Å². The molecular weight excluding hydrogens is 105 g/mol. The van der Waals surface area contributed by atoms with E-state index in [0.717, 1.165) is 0 Å². The molecule has 0 bridgehead atoms. The Labute approximate surface area is 64.5 Å². The van der Waals surface area contributed by atoms with E-state index in [1.54, 1.807) is 6.92 Å². The number of hydrogen-bond acceptors (Lipinski definition) is 2. The van der Waals surface area contributed by atoms with Gasteiger partial charge in [-0.3, -0.25) is 4.79 Å². The van der Waals surface area contributed by atoms with Crippen LogP contribution in [0.1, 0.15) is 6.92 Å². The van der Waals surface area contributed by atoms with Crippen molar-refractivity contribution < 1.29 is 39.1 Å². The molecule has 0 aliphatic carbocycles. The molecule has 0 heterocycles. The summed E-state index contributed by atoms with van der Waals surface area (Å²) in [7, 11) is 0. The van der Waals surface area contributed by atoms with Crippen LogP contribution in [-0.4, -0.2) is 12.7 Å². The van der Waals surface area contributed by atoms with Crippen LogP contribution in [0.5, 0.6) is 0 Å². The van der Waals surface area contributed by atoms with E-state index in [1.807, 2.05) is 0 Å². The number of hydrogen-bond donors (Lipinski definition) is 0. The normalized spacial score (nSPS) is 6.43. The minimum absolute atomic E-state index is 0. The summed E-state index contributed by atoms with van der Waals surface area (Å²) in [6.45, 7) is 1.95. The third-order valence-electron chi connectivity index (χ3n) is 0.275. The predicted molar refractivity (Wildman–Crippen MR) is 21.3 cm³/mol. The van der Waals surface area contributed by atoms with Crippen LogP contribution in [0.25, 0.3) is 5.73 Å². The van der Waals surface area contributed by atoms with E-state index in [-0.39, 0.29) is 29.6 Å². The molecule has 3 nitrogen and oxygen atoms in total. The van der Waals surface area contributed by atoms with Crippen LogP contribution in [0.3, 0.4) is 0 Å². The van der Waals surface area contributed by atoms with Gasteiger partial charge in [0.1, 0.15) is 0 Å². The molecule has 0 saturated carbocycles. The van der Waals surface area contributed by atoms with Crippen LogP contribution in [0.4, 0.5) is 4.79 Å². The van der Waals surface area contributed by atoms with Gasteiger partial charge in [0.15, 0.2) is 0 Å². The van der Waals surface area contributed by atoms with Gasteiger partial charge in [-0.15, -0.1) is 0 Å². The SMILES string of the molecule is CCOC([NH-])=O.[Na+]. The van der Waals surface area contributed by atoms with Gasteiger partial charge >= 0.3 is 29.6 Å². The maximum absolute atomic E-state index is 9.49. The van der Waals surface area contributed by atoms with Crippen molar-refractivity contribution in [1.82, 2.24) is 0 Å². The largest absolute Gasteiger partial charge is 1.00 e. The van der Waals surface area contributed by atoms with E-state index < -0.39 is 6.09 Å². The van der Waals surface area contributed by atoms with Gasteiger partial charge in [-0.25, -0.2) is 0 Å². The molecule has 0 saturated heterocycles. The van der Waals surface area contributed by atoms with Gasteiger partial charge in [0.25, 0.3) is 0 Å². The molecule has 0 aromatic rings. The fraction of sp³-hybridized carbons (Fsp3) is 0.667. The van der Waals surface area contributed by atoms with Crippen LogP contribution >= 0.6 is 0 Å². The fourth-order valence-electron chi connectivity index (χ4n) is 0.131. The second-order valence-electron chi connectivity index (χ2n) is 0.720. The maximum Gasteiger partial charge on any atom is 1.00 e. The van der Waals surface area contributed by atoms with Gasteiger partial charge in [-0.05, 0) is 6.92 Å². The summed E-state index contributed by atoms with van der Waals surface area (Å²) in [5.41, 5.74) is 6.12. The van der Waals surface area contributed by atoms with Gasteiger partial charge in [0.05, 0.1) is 6.61 Å². The molecule has 4 heteroatoms. The Kier molecular flexibility index (Phi) is 9.22. The number of carbonyl (C=O) groups is 1. The smallest absolute Gasteiger partial charge is 0.632 e. The van der Waals surface area contributed by atoms with Crippen molar-refractivity contribution >= 4 is 6.09 Å². The monoisotopic (exact) mass is 111 g/mol. The summed E-state index contributed by atoms with van der Waals surface area (Å²) in [4.78, 5) is 9.49. The molecule has 0 aromatic heterocycles. The molecule has 0 aromatic carbocycles. The quantitative estimate of drug-likeness (QED) is 0.375. The molecule has 1 N–H and O–H groups in total. The summed E-state index contributed by atoms with van der Waals surface area (Å²) >= 11 is 0. The molecule has 36 valence electrons. The first kappa shape index (κ1) is 10.3. The van der Waals surface area contributed by atoms with E-state index in [2.05, 4.69) is 4.74 Å². The number of amides is 1. The first-order chi connectivity index (χ1) is 2.77. The minimum atomic E-state index is -0.961. The molecule has 1 amide bonds. The molecule has 0 fully saturated rings. The molecule has 0 spiro atoms. The first-order valence-corrected chi connectivity index (χ1v) is 1.65. The van der Waals surface area contributed by atoms with Crippen molar-refractivity contribution in [2.24, 2.45) is 0 Å². The summed E-state index contributed by atoms with van der Waals surface area (Å²) in [5, 5.41) is 0. The summed E-state index contributed by atoms with van der Waals surface area (Å²) in [6, 6.07) is 0. The molecular formula is C3H6NNaO2. The Morgan fingerprint density at radius 3 is 2.29 bits per heavy atom. The van der Waals surface area contributed by atoms with E-state index in [1.165, 1.54) is 0 Å². The minimum Gasteiger partial charge on any atom is -0.632 e. The standard InChI is InChI=1S/C3H7NO2.Na/c1-2-6-3(4)5;/h2H2,1H3,(H2,4,5);/q;+1/p-1. The van der Waals surface area contributed by atoms with Crippen LogP contribution in [-0.2, 0) is 4.74 Å². The predicted octanol–water partition coefficient (Wildman–Crippen LogP) is -1.80. The van der Waals surface area contributed by atoms with Gasteiger partial charge in [0.2, 0.25) is 6.09 Å². The van der Waals surface area contributed by atoms with Crippen LogP contribution in [0, 0.1) is 0 Å². The van der Waals surface area contributed by atoms with E-state index in [4.69, 9.17) is 5.73 Å². The van der Waals surface area contributed by atoms with E-state index in [9.17, 15) is 4.79 Å². The number of carbonyl (C=O) groups excluding carboxylic acids is 1. The third kappa shape index (κ3) is 10.7. The average molecular weight is 111 g/mol. The molecule has 0 aliphatic rings. The summed E-state index contributed by atoms with van der Waals surface area (Å²) in [5.74, 6) is 0. The van der Waals surface area contributed by atoms with Crippen molar-refractivity contribution in [3.05, 3.63) is 5.73 Å². The summed E-state index contributed by atoms with van der Waals surface area (Å²) in [6.07, 6.45) is -0.961. The fourth-order valence-corrected chi connectivity index (χ4v) is 0.131.